The first-order valence-electron chi connectivity index (χ1n) is 7.14. The largest absolute Gasteiger partial charge is 0.494 e. The summed E-state index contributed by atoms with van der Waals surface area (Å²) in [5.41, 5.74) is 7.40. The highest BCUT2D eigenvalue weighted by atomic mass is 32.1. The predicted molar refractivity (Wildman–Crippen MR) is 91.8 cm³/mol. The van der Waals surface area contributed by atoms with Gasteiger partial charge in [0.25, 0.3) is 5.91 Å². The van der Waals surface area contributed by atoms with Gasteiger partial charge in [-0.25, -0.2) is 9.97 Å². The lowest BCUT2D eigenvalue weighted by Crippen LogP contribution is -2.15. The van der Waals surface area contributed by atoms with Crippen LogP contribution in [0.25, 0.3) is 21.5 Å². The molecule has 0 aliphatic heterocycles. The van der Waals surface area contributed by atoms with Gasteiger partial charge in [-0.05, 0) is 25.1 Å². The van der Waals surface area contributed by atoms with Gasteiger partial charge >= 0.3 is 0 Å². The number of rotatable bonds is 4. The van der Waals surface area contributed by atoms with Crippen LogP contribution in [-0.4, -0.2) is 29.5 Å². The summed E-state index contributed by atoms with van der Waals surface area (Å²) in [4.78, 5) is 21.7. The summed E-state index contributed by atoms with van der Waals surface area (Å²) in [6, 6.07) is 9.42. The molecular weight excluding hydrogens is 312 g/mol. The van der Waals surface area contributed by atoms with Crippen LogP contribution in [-0.2, 0) is 0 Å². The third kappa shape index (κ3) is 2.95. The molecule has 7 heteroatoms. The van der Waals surface area contributed by atoms with Gasteiger partial charge in [-0.15, -0.1) is 11.3 Å². The Bertz CT molecular complexity index is 876. The summed E-state index contributed by atoms with van der Waals surface area (Å²) < 4.78 is 5.53. The van der Waals surface area contributed by atoms with E-state index in [2.05, 4.69) is 15.3 Å². The van der Waals surface area contributed by atoms with Crippen LogP contribution in [0.4, 0.5) is 5.95 Å². The first kappa shape index (κ1) is 15.2. The zero-order valence-electron chi connectivity index (χ0n) is 12.8. The highest BCUT2D eigenvalue weighted by Gasteiger charge is 2.16. The summed E-state index contributed by atoms with van der Waals surface area (Å²) in [6.45, 7) is 2.52. The molecule has 0 saturated heterocycles. The molecular formula is C16H16N4O2S. The predicted octanol–water partition coefficient (Wildman–Crippen LogP) is 2.70. The summed E-state index contributed by atoms with van der Waals surface area (Å²) in [5, 5.41) is 3.42. The van der Waals surface area contributed by atoms with E-state index < -0.39 is 0 Å². The van der Waals surface area contributed by atoms with Crippen molar-refractivity contribution in [2.75, 3.05) is 19.4 Å². The second kappa shape index (κ2) is 6.21. The standard InChI is InChI=1S/C16H16N4O2S/c1-3-22-10-6-4-5-9(7-10)13-11-8-12(14(21)18-2)23-15(11)20-16(17)19-13/h4-8H,3H2,1-2H3,(H,18,21)(H2,17,19,20). The van der Waals surface area contributed by atoms with E-state index in [0.29, 0.717) is 22.0 Å². The number of nitrogens with zero attached hydrogens (tertiary/aromatic N) is 2. The molecule has 0 fully saturated rings. The number of nitrogens with one attached hydrogen (secondary N) is 1. The molecule has 0 aliphatic rings. The van der Waals surface area contributed by atoms with Gasteiger partial charge in [0, 0.05) is 18.0 Å². The first-order chi connectivity index (χ1) is 11.1. The molecule has 0 saturated carbocycles. The molecule has 0 radical (unpaired) electrons. The fourth-order valence-electron chi connectivity index (χ4n) is 2.29. The number of thiophene rings is 1. The Morgan fingerprint density at radius 2 is 2.17 bits per heavy atom. The molecule has 1 aromatic carbocycles. The smallest absolute Gasteiger partial charge is 0.261 e. The Morgan fingerprint density at radius 1 is 1.35 bits per heavy atom. The molecule has 3 rings (SSSR count). The van der Waals surface area contributed by atoms with Crippen molar-refractivity contribution in [1.82, 2.24) is 15.3 Å². The van der Waals surface area contributed by atoms with Gasteiger partial charge in [-0.3, -0.25) is 4.79 Å². The second-order valence-corrected chi connectivity index (χ2v) is 5.83. The Balaban J connectivity index is 2.18. The van der Waals surface area contributed by atoms with Crippen molar-refractivity contribution in [2.24, 2.45) is 0 Å². The van der Waals surface area contributed by atoms with Gasteiger partial charge in [0.05, 0.1) is 17.2 Å². The van der Waals surface area contributed by atoms with Crippen LogP contribution in [0.2, 0.25) is 0 Å². The topological polar surface area (TPSA) is 90.1 Å². The van der Waals surface area contributed by atoms with Crippen molar-refractivity contribution in [3.8, 4) is 17.0 Å². The molecule has 3 N–H and O–H groups in total. The molecule has 0 bridgehead atoms. The van der Waals surface area contributed by atoms with Gasteiger partial charge in [0.1, 0.15) is 10.6 Å². The molecule has 1 amide bonds. The van der Waals surface area contributed by atoms with Gasteiger partial charge in [0.2, 0.25) is 5.95 Å². The number of hydrogen-bond acceptors (Lipinski definition) is 6. The molecule has 0 unspecified atom stereocenters. The van der Waals surface area contributed by atoms with Gasteiger partial charge in [0.15, 0.2) is 0 Å². The number of anilines is 1. The Labute approximate surface area is 137 Å². The average molecular weight is 328 g/mol. The van der Waals surface area contributed by atoms with Crippen molar-refractivity contribution in [3.63, 3.8) is 0 Å². The highest BCUT2D eigenvalue weighted by Crippen LogP contribution is 2.33. The maximum Gasteiger partial charge on any atom is 0.261 e. The van der Waals surface area contributed by atoms with E-state index in [0.717, 1.165) is 16.7 Å². The van der Waals surface area contributed by atoms with Gasteiger partial charge in [-0.1, -0.05) is 12.1 Å². The SMILES string of the molecule is CCOc1cccc(-c2nc(N)nc3sc(C(=O)NC)cc23)c1. The van der Waals surface area contributed by atoms with E-state index >= 15 is 0 Å². The number of ether oxygens (including phenoxy) is 1. The van der Waals surface area contributed by atoms with Crippen LogP contribution in [0, 0.1) is 0 Å². The lowest BCUT2D eigenvalue weighted by Gasteiger charge is -2.07. The molecule has 0 aliphatic carbocycles. The van der Waals surface area contributed by atoms with Crippen molar-refractivity contribution in [3.05, 3.63) is 35.2 Å². The minimum Gasteiger partial charge on any atom is -0.494 e. The van der Waals surface area contributed by atoms with Crippen LogP contribution in [0.5, 0.6) is 5.75 Å². The van der Waals surface area contributed by atoms with Crippen LogP contribution in [0.15, 0.2) is 30.3 Å². The number of carbonyl (C=O) groups is 1. The molecule has 23 heavy (non-hydrogen) atoms. The molecule has 0 spiro atoms. The molecule has 2 aromatic heterocycles. The minimum atomic E-state index is -0.152. The Kier molecular flexibility index (Phi) is 4.12. The number of hydrogen-bond donors (Lipinski definition) is 2. The van der Waals surface area contributed by atoms with Gasteiger partial charge in [-0.2, -0.15) is 0 Å². The van der Waals surface area contributed by atoms with Crippen LogP contribution < -0.4 is 15.8 Å². The van der Waals surface area contributed by atoms with E-state index in [1.807, 2.05) is 31.2 Å². The lowest BCUT2D eigenvalue weighted by atomic mass is 10.1. The van der Waals surface area contributed by atoms with E-state index in [4.69, 9.17) is 10.5 Å². The van der Waals surface area contributed by atoms with Crippen LogP contribution >= 0.6 is 11.3 Å². The molecule has 6 nitrogen and oxygen atoms in total. The van der Waals surface area contributed by atoms with Gasteiger partial charge < -0.3 is 15.8 Å². The highest BCUT2D eigenvalue weighted by molar-refractivity contribution is 7.20. The fourth-order valence-corrected chi connectivity index (χ4v) is 3.28. The fraction of sp³-hybridized carbons (Fsp3) is 0.188. The molecule has 3 aromatic rings. The zero-order chi connectivity index (χ0) is 16.4. The minimum absolute atomic E-state index is 0.152. The van der Waals surface area contributed by atoms with Crippen molar-refractivity contribution >= 4 is 33.4 Å². The number of nitrogens with two attached hydrogens (primary N) is 1. The number of nitrogen functional groups attached to an aromatic ring is 1. The lowest BCUT2D eigenvalue weighted by molar-refractivity contribution is 0.0967. The van der Waals surface area contributed by atoms with Crippen molar-refractivity contribution in [1.29, 1.82) is 0 Å². The number of carbonyl (C=O) groups excluding carboxylic acids is 1. The normalized spacial score (nSPS) is 10.7. The zero-order valence-corrected chi connectivity index (χ0v) is 13.6. The van der Waals surface area contributed by atoms with Crippen molar-refractivity contribution < 1.29 is 9.53 Å². The third-order valence-corrected chi connectivity index (χ3v) is 4.31. The maximum atomic E-state index is 11.9. The van der Waals surface area contributed by atoms with E-state index in [1.54, 1.807) is 13.1 Å². The first-order valence-corrected chi connectivity index (χ1v) is 7.96. The summed E-state index contributed by atoms with van der Waals surface area (Å²) in [5.74, 6) is 0.789. The summed E-state index contributed by atoms with van der Waals surface area (Å²) in [6.07, 6.45) is 0. The van der Waals surface area contributed by atoms with Crippen LogP contribution in [0.3, 0.4) is 0 Å². The number of aromatic nitrogens is 2. The van der Waals surface area contributed by atoms with Crippen LogP contribution in [0.1, 0.15) is 16.6 Å². The Hall–Kier alpha value is -2.67. The maximum absolute atomic E-state index is 11.9. The van der Waals surface area contributed by atoms with E-state index in [9.17, 15) is 4.79 Å². The molecule has 118 valence electrons. The van der Waals surface area contributed by atoms with E-state index in [1.165, 1.54) is 11.3 Å². The van der Waals surface area contributed by atoms with E-state index in [-0.39, 0.29) is 11.9 Å². The quantitative estimate of drug-likeness (QED) is 0.768. The number of fused-ring (bicyclic) bond motifs is 1. The number of amides is 1. The monoisotopic (exact) mass is 328 g/mol. The van der Waals surface area contributed by atoms with Crippen molar-refractivity contribution in [2.45, 2.75) is 6.92 Å². The number of benzene rings is 1. The Morgan fingerprint density at radius 3 is 2.91 bits per heavy atom. The summed E-state index contributed by atoms with van der Waals surface area (Å²) >= 11 is 1.29. The molecule has 2 heterocycles. The third-order valence-electron chi connectivity index (χ3n) is 3.28. The average Bonchev–Trinajstić information content (AvgIpc) is 2.97. The second-order valence-electron chi connectivity index (χ2n) is 4.80. The molecule has 0 atom stereocenters. The summed E-state index contributed by atoms with van der Waals surface area (Å²) in [7, 11) is 1.60.